The summed E-state index contributed by atoms with van der Waals surface area (Å²) in [5.74, 6) is -1.91. The van der Waals surface area contributed by atoms with E-state index in [1.165, 1.54) is 19.1 Å². The predicted molar refractivity (Wildman–Crippen MR) is 94.7 cm³/mol. The zero-order chi connectivity index (χ0) is 20.1. The van der Waals surface area contributed by atoms with Gasteiger partial charge in [0, 0.05) is 5.71 Å². The molecule has 0 fully saturated rings. The number of nitrogens with one attached hydrogen (secondary N) is 2. The molecule has 2 rings (SSSR count). The fourth-order valence-corrected chi connectivity index (χ4v) is 2.45. The number of halogens is 5. The number of anilines is 1. The summed E-state index contributed by atoms with van der Waals surface area (Å²) in [7, 11) is 0. The molecule has 140 valence electrons. The molecule has 8 heteroatoms. The number of hydrogen-bond donors (Lipinski definition) is 2. The number of amides is 1. The number of carbonyl (C=O) groups is 1. The largest absolute Gasteiger partial charge is 0.417 e. The first kappa shape index (κ1) is 21.6. The van der Waals surface area contributed by atoms with Crippen molar-refractivity contribution in [3.05, 3.63) is 63.9 Å². The minimum atomic E-state index is -4.78. The second kappa shape index (κ2) is 8.80. The SMILES string of the molecule is CC.CC(=N)c1c(F)cccc1NC(=O)c1c(Cl)cccc1C(F)(F)F. The van der Waals surface area contributed by atoms with Gasteiger partial charge in [0.15, 0.2) is 0 Å². The van der Waals surface area contributed by atoms with Gasteiger partial charge in [0.25, 0.3) is 5.91 Å². The van der Waals surface area contributed by atoms with E-state index in [0.717, 1.165) is 24.3 Å². The summed E-state index contributed by atoms with van der Waals surface area (Å²) in [6.45, 7) is 5.30. The number of hydrogen-bond acceptors (Lipinski definition) is 2. The molecule has 0 saturated carbocycles. The zero-order valence-corrected chi connectivity index (χ0v) is 15.0. The van der Waals surface area contributed by atoms with Crippen molar-refractivity contribution in [2.45, 2.75) is 26.9 Å². The molecule has 0 atom stereocenters. The topological polar surface area (TPSA) is 53.0 Å². The van der Waals surface area contributed by atoms with Gasteiger partial charge in [0.05, 0.1) is 27.4 Å². The standard InChI is InChI=1S/C16H11ClF4N2O.C2H6/c1-8(22)13-11(18)6-3-7-12(13)23-15(24)14-9(16(19,20)21)4-2-5-10(14)17;1-2/h2-7,22H,1H3,(H,23,24);1-2H3. The van der Waals surface area contributed by atoms with Crippen molar-refractivity contribution in [2.75, 3.05) is 5.32 Å². The van der Waals surface area contributed by atoms with Crippen LogP contribution in [0, 0.1) is 11.2 Å². The molecule has 0 saturated heterocycles. The molecule has 0 aromatic heterocycles. The molecule has 0 spiro atoms. The van der Waals surface area contributed by atoms with Gasteiger partial charge in [-0.2, -0.15) is 13.2 Å². The molecular weight excluding hydrogens is 372 g/mol. The van der Waals surface area contributed by atoms with E-state index >= 15 is 0 Å². The average molecular weight is 389 g/mol. The fourth-order valence-electron chi connectivity index (χ4n) is 2.19. The summed E-state index contributed by atoms with van der Waals surface area (Å²) in [4.78, 5) is 12.3. The van der Waals surface area contributed by atoms with Crippen LogP contribution in [0.15, 0.2) is 36.4 Å². The van der Waals surface area contributed by atoms with Gasteiger partial charge >= 0.3 is 6.18 Å². The van der Waals surface area contributed by atoms with Crippen LogP contribution in [0.1, 0.15) is 42.3 Å². The van der Waals surface area contributed by atoms with Crippen molar-refractivity contribution < 1.29 is 22.4 Å². The molecule has 0 unspecified atom stereocenters. The van der Waals surface area contributed by atoms with Crippen LogP contribution in [0.2, 0.25) is 5.02 Å². The minimum Gasteiger partial charge on any atom is -0.321 e. The van der Waals surface area contributed by atoms with Gasteiger partial charge in [-0.1, -0.05) is 37.6 Å². The summed E-state index contributed by atoms with van der Waals surface area (Å²) >= 11 is 5.75. The second-order valence-electron chi connectivity index (χ2n) is 4.90. The van der Waals surface area contributed by atoms with Gasteiger partial charge in [0.1, 0.15) is 5.82 Å². The van der Waals surface area contributed by atoms with Crippen LogP contribution in [0.5, 0.6) is 0 Å². The highest BCUT2D eigenvalue weighted by atomic mass is 35.5. The van der Waals surface area contributed by atoms with Crippen LogP contribution in [0.3, 0.4) is 0 Å². The van der Waals surface area contributed by atoms with Crippen molar-refractivity contribution in [1.29, 1.82) is 5.41 Å². The molecule has 1 amide bonds. The van der Waals surface area contributed by atoms with Gasteiger partial charge in [-0.3, -0.25) is 4.79 Å². The molecule has 0 bridgehead atoms. The fraction of sp³-hybridized carbons (Fsp3) is 0.222. The Morgan fingerprint density at radius 1 is 1.08 bits per heavy atom. The van der Waals surface area contributed by atoms with E-state index in [2.05, 4.69) is 5.32 Å². The lowest BCUT2D eigenvalue weighted by Gasteiger charge is -2.16. The summed E-state index contributed by atoms with van der Waals surface area (Å²) in [6.07, 6.45) is -4.78. The van der Waals surface area contributed by atoms with Gasteiger partial charge in [-0.15, -0.1) is 0 Å². The number of benzene rings is 2. The molecule has 2 aromatic rings. The lowest BCUT2D eigenvalue weighted by molar-refractivity contribution is -0.137. The van der Waals surface area contributed by atoms with E-state index in [0.29, 0.717) is 0 Å². The number of rotatable bonds is 3. The number of carbonyl (C=O) groups excluding carboxylic acids is 1. The van der Waals surface area contributed by atoms with Crippen LogP contribution >= 0.6 is 11.6 Å². The van der Waals surface area contributed by atoms with Crippen LogP contribution in [-0.2, 0) is 6.18 Å². The summed E-state index contributed by atoms with van der Waals surface area (Å²) in [5.41, 5.74) is -2.45. The molecule has 0 heterocycles. The highest BCUT2D eigenvalue weighted by Crippen LogP contribution is 2.35. The van der Waals surface area contributed by atoms with E-state index in [4.69, 9.17) is 17.0 Å². The third kappa shape index (κ3) is 4.82. The van der Waals surface area contributed by atoms with Gasteiger partial charge < -0.3 is 10.7 Å². The van der Waals surface area contributed by atoms with Crippen LogP contribution in [0.4, 0.5) is 23.2 Å². The maximum Gasteiger partial charge on any atom is 0.417 e. The molecule has 2 aromatic carbocycles. The van der Waals surface area contributed by atoms with Gasteiger partial charge in [-0.05, 0) is 31.2 Å². The van der Waals surface area contributed by atoms with Crippen molar-refractivity contribution in [2.24, 2.45) is 0 Å². The van der Waals surface area contributed by atoms with Crippen molar-refractivity contribution >= 4 is 28.9 Å². The second-order valence-corrected chi connectivity index (χ2v) is 5.31. The maximum atomic E-state index is 13.8. The van der Waals surface area contributed by atoms with Crippen LogP contribution in [0.25, 0.3) is 0 Å². The Hall–Kier alpha value is -2.41. The molecule has 0 radical (unpaired) electrons. The minimum absolute atomic E-state index is 0.111. The predicted octanol–water partition coefficient (Wildman–Crippen LogP) is 6.16. The van der Waals surface area contributed by atoms with E-state index in [9.17, 15) is 22.4 Å². The molecule has 0 aliphatic heterocycles. The first-order chi connectivity index (χ1) is 12.1. The van der Waals surface area contributed by atoms with Crippen molar-refractivity contribution in [3.8, 4) is 0 Å². The van der Waals surface area contributed by atoms with E-state index in [1.54, 1.807) is 0 Å². The Bertz CT molecular complexity index is 819. The van der Waals surface area contributed by atoms with Crippen LogP contribution < -0.4 is 5.32 Å². The highest BCUT2D eigenvalue weighted by molar-refractivity contribution is 6.34. The molecule has 0 aliphatic carbocycles. The summed E-state index contributed by atoms with van der Waals surface area (Å²) in [6, 6.07) is 6.61. The van der Waals surface area contributed by atoms with Gasteiger partial charge in [0.2, 0.25) is 0 Å². The smallest absolute Gasteiger partial charge is 0.321 e. The third-order valence-corrected chi connectivity index (χ3v) is 3.50. The average Bonchev–Trinajstić information content (AvgIpc) is 2.55. The molecule has 3 nitrogen and oxygen atoms in total. The number of alkyl halides is 3. The summed E-state index contributed by atoms with van der Waals surface area (Å²) < 4.78 is 53.0. The first-order valence-corrected chi connectivity index (χ1v) is 8.02. The molecule has 2 N–H and O–H groups in total. The van der Waals surface area contributed by atoms with Crippen molar-refractivity contribution in [3.63, 3.8) is 0 Å². The van der Waals surface area contributed by atoms with Crippen molar-refractivity contribution in [1.82, 2.24) is 0 Å². The lowest BCUT2D eigenvalue weighted by Crippen LogP contribution is -2.20. The maximum absolute atomic E-state index is 13.8. The molecule has 26 heavy (non-hydrogen) atoms. The normalized spacial score (nSPS) is 10.6. The Morgan fingerprint density at radius 2 is 1.65 bits per heavy atom. The Balaban J connectivity index is 0.00000163. The van der Waals surface area contributed by atoms with E-state index in [1.807, 2.05) is 13.8 Å². The first-order valence-electron chi connectivity index (χ1n) is 7.64. The lowest BCUT2D eigenvalue weighted by atomic mass is 10.0. The summed E-state index contributed by atoms with van der Waals surface area (Å²) in [5, 5.41) is 9.37. The van der Waals surface area contributed by atoms with E-state index < -0.39 is 29.0 Å². The van der Waals surface area contributed by atoms with Gasteiger partial charge in [-0.25, -0.2) is 4.39 Å². The quantitative estimate of drug-likeness (QED) is 0.480. The zero-order valence-electron chi connectivity index (χ0n) is 14.3. The Kier molecular flexibility index (Phi) is 7.32. The monoisotopic (exact) mass is 388 g/mol. The van der Waals surface area contributed by atoms with E-state index in [-0.39, 0.29) is 22.0 Å². The Morgan fingerprint density at radius 3 is 2.19 bits per heavy atom. The molecular formula is C18H17ClF4N2O. The third-order valence-electron chi connectivity index (χ3n) is 3.18. The van der Waals surface area contributed by atoms with Crippen LogP contribution in [-0.4, -0.2) is 11.6 Å². The highest BCUT2D eigenvalue weighted by Gasteiger charge is 2.36. The Labute approximate surface area is 153 Å². The molecule has 0 aliphatic rings.